The van der Waals surface area contributed by atoms with Gasteiger partial charge < -0.3 is 9.80 Å². The molecule has 27 heavy (non-hydrogen) atoms. The average molecular weight is 355 g/mol. The normalized spacial score (nSPS) is 37.7. The Morgan fingerprint density at radius 2 is 2.07 bits per heavy atom. The maximum Gasteiger partial charge on any atom is 0.154 e. The Bertz CT molecular complexity index is 981. The molecule has 3 heterocycles. The van der Waals surface area contributed by atoms with Crippen LogP contribution in [0.1, 0.15) is 33.1 Å². The zero-order chi connectivity index (χ0) is 18.2. The van der Waals surface area contributed by atoms with Crippen molar-refractivity contribution >= 4 is 11.5 Å². The lowest BCUT2D eigenvalue weighted by atomic mass is 9.48. The van der Waals surface area contributed by atoms with E-state index in [0.717, 1.165) is 25.1 Å². The van der Waals surface area contributed by atoms with Gasteiger partial charge in [-0.2, -0.15) is 0 Å². The molecule has 0 radical (unpaired) electrons. The van der Waals surface area contributed by atoms with Crippen LogP contribution in [0.2, 0.25) is 0 Å². The molecule has 136 valence electrons. The number of hydrogen-bond donors (Lipinski definition) is 0. The SMILES string of the molecule is CC12C=CC1(C)C1N(C3=CCCC=C3)c3cccnc3N1C1CC=CC=C12. The fourth-order valence-corrected chi connectivity index (χ4v) is 5.84. The number of allylic oxidation sites excluding steroid dienone is 6. The van der Waals surface area contributed by atoms with Gasteiger partial charge >= 0.3 is 0 Å². The van der Waals surface area contributed by atoms with Gasteiger partial charge in [0.05, 0.1) is 11.7 Å². The van der Waals surface area contributed by atoms with E-state index in [-0.39, 0.29) is 17.0 Å². The summed E-state index contributed by atoms with van der Waals surface area (Å²) in [5.74, 6) is 1.14. The summed E-state index contributed by atoms with van der Waals surface area (Å²) in [5.41, 5.74) is 4.26. The molecule has 0 amide bonds. The van der Waals surface area contributed by atoms with Gasteiger partial charge in [-0.15, -0.1) is 0 Å². The van der Waals surface area contributed by atoms with Crippen LogP contribution in [0, 0.1) is 10.8 Å². The first-order valence-corrected chi connectivity index (χ1v) is 10.1. The molecule has 1 aromatic rings. The summed E-state index contributed by atoms with van der Waals surface area (Å²) in [6, 6.07) is 4.71. The van der Waals surface area contributed by atoms with E-state index in [1.807, 2.05) is 6.20 Å². The molecule has 3 heteroatoms. The van der Waals surface area contributed by atoms with E-state index in [2.05, 4.69) is 84.4 Å². The van der Waals surface area contributed by atoms with Crippen molar-refractivity contribution in [1.29, 1.82) is 0 Å². The number of pyridine rings is 1. The van der Waals surface area contributed by atoms with Gasteiger partial charge in [0, 0.05) is 22.7 Å². The summed E-state index contributed by atoms with van der Waals surface area (Å²) in [7, 11) is 0. The molecule has 5 aliphatic rings. The minimum atomic E-state index is 0.0489. The van der Waals surface area contributed by atoms with Crippen LogP contribution in [0.3, 0.4) is 0 Å². The Balaban J connectivity index is 1.61. The zero-order valence-corrected chi connectivity index (χ0v) is 16.0. The summed E-state index contributed by atoms with van der Waals surface area (Å²) >= 11 is 0. The highest BCUT2D eigenvalue weighted by Gasteiger charge is 2.66. The second kappa shape index (κ2) is 5.03. The second-order valence-corrected chi connectivity index (χ2v) is 8.73. The maximum atomic E-state index is 4.87. The Kier molecular flexibility index (Phi) is 2.89. The molecule has 3 nitrogen and oxygen atoms in total. The molecule has 6 rings (SSSR count). The van der Waals surface area contributed by atoms with Gasteiger partial charge in [-0.25, -0.2) is 4.98 Å². The number of piperidine rings is 1. The molecule has 0 bridgehead atoms. The Labute approximate surface area is 161 Å². The predicted octanol–water partition coefficient (Wildman–Crippen LogP) is 5.12. The third-order valence-electron chi connectivity index (χ3n) is 7.52. The largest absolute Gasteiger partial charge is 0.326 e. The molecule has 1 saturated heterocycles. The van der Waals surface area contributed by atoms with Crippen molar-refractivity contribution in [3.8, 4) is 0 Å². The molecule has 3 aliphatic carbocycles. The number of rotatable bonds is 1. The van der Waals surface area contributed by atoms with E-state index in [1.54, 1.807) is 0 Å². The first kappa shape index (κ1) is 15.5. The number of fused-ring (bicyclic) bond motifs is 8. The van der Waals surface area contributed by atoms with E-state index in [0.29, 0.717) is 6.04 Å². The number of anilines is 2. The molecule has 1 fully saturated rings. The zero-order valence-electron chi connectivity index (χ0n) is 16.0. The molecule has 0 spiro atoms. The van der Waals surface area contributed by atoms with Crippen LogP contribution in [0.15, 0.2) is 78.2 Å². The van der Waals surface area contributed by atoms with Crippen LogP contribution in [-0.2, 0) is 0 Å². The summed E-state index contributed by atoms with van der Waals surface area (Å²) in [5, 5.41) is 0. The van der Waals surface area contributed by atoms with E-state index >= 15 is 0 Å². The molecule has 0 N–H and O–H groups in total. The highest BCUT2D eigenvalue weighted by atomic mass is 15.5. The molecule has 1 aromatic heterocycles. The quantitative estimate of drug-likeness (QED) is 0.652. The van der Waals surface area contributed by atoms with Crippen LogP contribution >= 0.6 is 0 Å². The van der Waals surface area contributed by atoms with E-state index < -0.39 is 0 Å². The van der Waals surface area contributed by atoms with E-state index in [1.165, 1.54) is 17.0 Å². The highest BCUT2D eigenvalue weighted by Crippen LogP contribution is 2.66. The number of nitrogens with zero attached hydrogens (tertiary/aromatic N) is 3. The summed E-state index contributed by atoms with van der Waals surface area (Å²) < 4.78 is 0. The lowest BCUT2D eigenvalue weighted by Crippen LogP contribution is -2.69. The molecule has 4 unspecified atom stereocenters. The van der Waals surface area contributed by atoms with E-state index in [9.17, 15) is 0 Å². The summed E-state index contributed by atoms with van der Waals surface area (Å²) in [6.07, 6.45) is 24.3. The minimum absolute atomic E-state index is 0.0489. The van der Waals surface area contributed by atoms with Crippen LogP contribution in [0.4, 0.5) is 11.5 Å². The van der Waals surface area contributed by atoms with Crippen molar-refractivity contribution < 1.29 is 0 Å². The lowest BCUT2D eigenvalue weighted by Gasteiger charge is -2.65. The fourth-order valence-electron chi connectivity index (χ4n) is 5.84. The number of aromatic nitrogens is 1. The fraction of sp³-hybridized carbons (Fsp3) is 0.375. The van der Waals surface area contributed by atoms with Gasteiger partial charge in [0.25, 0.3) is 0 Å². The van der Waals surface area contributed by atoms with Gasteiger partial charge in [-0.1, -0.05) is 56.4 Å². The highest BCUT2D eigenvalue weighted by molar-refractivity contribution is 5.81. The maximum absolute atomic E-state index is 4.87. The van der Waals surface area contributed by atoms with Crippen molar-refractivity contribution in [2.45, 2.75) is 45.3 Å². The van der Waals surface area contributed by atoms with Crippen molar-refractivity contribution in [3.05, 3.63) is 78.2 Å². The monoisotopic (exact) mass is 355 g/mol. The standard InChI is InChI=1S/C24H25N3/c1-23-14-15-24(23,2)22-26(17-9-4-3-5-10-17)20-13-8-16-25-21(20)27(22)19-12-7-6-11-18(19)23/h4,6-11,13-16,19,22H,3,5,12H2,1-2H3. The summed E-state index contributed by atoms with van der Waals surface area (Å²) in [4.78, 5) is 10.0. The van der Waals surface area contributed by atoms with Gasteiger partial charge in [-0.3, -0.25) is 0 Å². The Morgan fingerprint density at radius 1 is 1.15 bits per heavy atom. The van der Waals surface area contributed by atoms with Crippen LogP contribution in [-0.4, -0.2) is 17.2 Å². The van der Waals surface area contributed by atoms with Crippen LogP contribution in [0.5, 0.6) is 0 Å². The molecule has 4 atom stereocenters. The molecule has 0 aromatic carbocycles. The average Bonchev–Trinajstić information content (AvgIpc) is 3.07. The van der Waals surface area contributed by atoms with Gasteiger partial charge in [0.15, 0.2) is 5.82 Å². The third kappa shape index (κ3) is 1.71. The molecule has 0 saturated carbocycles. The minimum Gasteiger partial charge on any atom is -0.326 e. The first-order chi connectivity index (χ1) is 13.2. The van der Waals surface area contributed by atoms with Gasteiger partial charge in [0.2, 0.25) is 0 Å². The van der Waals surface area contributed by atoms with E-state index in [4.69, 9.17) is 4.98 Å². The molecule has 2 aliphatic heterocycles. The predicted molar refractivity (Wildman–Crippen MR) is 110 cm³/mol. The molecular formula is C24H25N3. The van der Waals surface area contributed by atoms with Crippen LogP contribution < -0.4 is 9.80 Å². The van der Waals surface area contributed by atoms with Crippen molar-refractivity contribution in [2.24, 2.45) is 10.8 Å². The second-order valence-electron chi connectivity index (χ2n) is 8.73. The van der Waals surface area contributed by atoms with Gasteiger partial charge in [-0.05, 0) is 43.0 Å². The lowest BCUT2D eigenvalue weighted by molar-refractivity contribution is 0.100. The van der Waals surface area contributed by atoms with Crippen molar-refractivity contribution in [2.75, 3.05) is 9.80 Å². The van der Waals surface area contributed by atoms with Crippen molar-refractivity contribution in [3.63, 3.8) is 0 Å². The van der Waals surface area contributed by atoms with Crippen molar-refractivity contribution in [1.82, 2.24) is 4.98 Å². The Hall–Kier alpha value is -2.55. The van der Waals surface area contributed by atoms with Crippen LogP contribution in [0.25, 0.3) is 0 Å². The molecular weight excluding hydrogens is 330 g/mol. The first-order valence-electron chi connectivity index (χ1n) is 10.1. The van der Waals surface area contributed by atoms with Gasteiger partial charge in [0.1, 0.15) is 6.17 Å². The Morgan fingerprint density at radius 3 is 2.85 bits per heavy atom. The smallest absolute Gasteiger partial charge is 0.154 e. The topological polar surface area (TPSA) is 19.4 Å². The third-order valence-corrected chi connectivity index (χ3v) is 7.52. The summed E-state index contributed by atoms with van der Waals surface area (Å²) in [6.45, 7) is 4.87. The number of hydrogen-bond acceptors (Lipinski definition) is 3.